The highest BCUT2D eigenvalue weighted by molar-refractivity contribution is 5.74. The van der Waals surface area contributed by atoms with Crippen LogP contribution in [0.3, 0.4) is 0 Å². The number of hydrogen-bond acceptors (Lipinski definition) is 4. The van der Waals surface area contributed by atoms with E-state index in [1.165, 1.54) is 12.8 Å². The van der Waals surface area contributed by atoms with E-state index in [1.54, 1.807) is 0 Å². The van der Waals surface area contributed by atoms with Gasteiger partial charge in [0.15, 0.2) is 6.79 Å². The van der Waals surface area contributed by atoms with E-state index in [-0.39, 0.29) is 36.1 Å². The lowest BCUT2D eigenvalue weighted by Gasteiger charge is -2.28. The molecule has 1 N–H and O–H groups in total. The van der Waals surface area contributed by atoms with Crippen molar-refractivity contribution in [2.75, 3.05) is 6.79 Å². The van der Waals surface area contributed by atoms with Gasteiger partial charge < -0.3 is 14.6 Å². The van der Waals surface area contributed by atoms with Crippen LogP contribution in [0.15, 0.2) is 12.2 Å². The summed E-state index contributed by atoms with van der Waals surface area (Å²) in [6, 6.07) is 0. The van der Waals surface area contributed by atoms with Crippen molar-refractivity contribution in [1.29, 1.82) is 0 Å². The molecule has 3 aliphatic carbocycles. The molecule has 2 bridgehead atoms. The Morgan fingerprint density at radius 1 is 1.35 bits per heavy atom. The third-order valence-electron chi connectivity index (χ3n) is 5.43. The first-order valence-electron chi connectivity index (χ1n) is 7.82. The van der Waals surface area contributed by atoms with Crippen LogP contribution in [0.25, 0.3) is 0 Å². The maximum atomic E-state index is 12.1. The predicted octanol–water partition coefficient (Wildman–Crippen LogP) is 2.41. The molecule has 20 heavy (non-hydrogen) atoms. The molecular formula is C16H24O4. The predicted molar refractivity (Wildman–Crippen MR) is 73.8 cm³/mol. The summed E-state index contributed by atoms with van der Waals surface area (Å²) < 4.78 is 11.2. The lowest BCUT2D eigenvalue weighted by Crippen LogP contribution is -2.31. The topological polar surface area (TPSA) is 55.8 Å². The number of aliphatic hydroxyl groups is 1. The molecule has 0 aliphatic heterocycles. The van der Waals surface area contributed by atoms with Crippen molar-refractivity contribution >= 4 is 5.97 Å². The summed E-state index contributed by atoms with van der Waals surface area (Å²) in [6.45, 7) is 2.19. The van der Waals surface area contributed by atoms with Gasteiger partial charge in [-0.3, -0.25) is 4.79 Å². The first kappa shape index (κ1) is 14.1. The van der Waals surface area contributed by atoms with Crippen LogP contribution in [0, 0.1) is 17.8 Å². The zero-order valence-electron chi connectivity index (χ0n) is 12.1. The highest BCUT2D eigenvalue weighted by atomic mass is 16.7. The molecule has 3 rings (SSSR count). The minimum Gasteiger partial charge on any atom is -0.438 e. The van der Waals surface area contributed by atoms with Crippen LogP contribution in [0.5, 0.6) is 0 Å². The third kappa shape index (κ3) is 2.40. The van der Waals surface area contributed by atoms with Crippen molar-refractivity contribution in [2.24, 2.45) is 17.8 Å². The second-order valence-corrected chi connectivity index (χ2v) is 6.43. The normalized spacial score (nSPS) is 37.5. The Morgan fingerprint density at radius 2 is 2.10 bits per heavy atom. The Morgan fingerprint density at radius 3 is 2.65 bits per heavy atom. The molecule has 112 valence electrons. The Balaban J connectivity index is 1.47. The van der Waals surface area contributed by atoms with E-state index in [0.717, 1.165) is 19.3 Å². The van der Waals surface area contributed by atoms with Gasteiger partial charge in [-0.05, 0) is 25.7 Å². The fourth-order valence-corrected chi connectivity index (χ4v) is 4.02. The number of fused-ring (bicyclic) bond motifs is 2. The summed E-state index contributed by atoms with van der Waals surface area (Å²) in [6.07, 6.45) is 9.78. The summed E-state index contributed by atoms with van der Waals surface area (Å²) >= 11 is 0. The third-order valence-corrected chi connectivity index (χ3v) is 5.43. The highest BCUT2D eigenvalue weighted by Gasteiger charge is 2.47. The molecule has 0 amide bonds. The molecule has 0 aromatic heterocycles. The number of esters is 1. The second-order valence-electron chi connectivity index (χ2n) is 6.43. The molecule has 0 aromatic rings. The number of rotatable bonds is 5. The monoisotopic (exact) mass is 280 g/mol. The van der Waals surface area contributed by atoms with E-state index in [2.05, 4.69) is 6.92 Å². The van der Waals surface area contributed by atoms with Gasteiger partial charge in [0.2, 0.25) is 0 Å². The van der Waals surface area contributed by atoms with Crippen LogP contribution in [-0.4, -0.2) is 29.6 Å². The standard InChI is InChI=1S/C16H24O4/c1-2-16(7-3-4-8-16)20-10-19-15(18)13-9-11-5-6-12(13)14(11)17/h5-6,11-14,17H,2-4,7-10H2,1H3. The van der Waals surface area contributed by atoms with Gasteiger partial charge in [0.25, 0.3) is 0 Å². The van der Waals surface area contributed by atoms with Crippen molar-refractivity contribution in [3.05, 3.63) is 12.2 Å². The number of hydrogen-bond donors (Lipinski definition) is 1. The molecular weight excluding hydrogens is 256 g/mol. The number of carbonyl (C=O) groups excluding carboxylic acids is 1. The van der Waals surface area contributed by atoms with Crippen LogP contribution < -0.4 is 0 Å². The molecule has 0 spiro atoms. The van der Waals surface area contributed by atoms with Gasteiger partial charge in [0, 0.05) is 11.8 Å². The maximum Gasteiger partial charge on any atom is 0.311 e. The minimum absolute atomic E-state index is 0.0559. The Kier molecular flexibility index (Phi) is 3.87. The van der Waals surface area contributed by atoms with E-state index in [4.69, 9.17) is 9.47 Å². The Hall–Kier alpha value is -0.870. The van der Waals surface area contributed by atoms with Crippen LogP contribution >= 0.6 is 0 Å². The van der Waals surface area contributed by atoms with Crippen LogP contribution in [0.1, 0.15) is 45.4 Å². The summed E-state index contributed by atoms with van der Waals surface area (Å²) in [4.78, 5) is 12.1. The van der Waals surface area contributed by atoms with E-state index in [9.17, 15) is 9.90 Å². The second kappa shape index (κ2) is 5.49. The minimum atomic E-state index is -0.398. The SMILES string of the molecule is CCC1(OCOC(=O)C2CC3C=CC2C3O)CCCC1. The average molecular weight is 280 g/mol. The van der Waals surface area contributed by atoms with Crippen LogP contribution in [0.4, 0.5) is 0 Å². The smallest absolute Gasteiger partial charge is 0.311 e. The van der Waals surface area contributed by atoms with Gasteiger partial charge in [0.1, 0.15) is 0 Å². The van der Waals surface area contributed by atoms with Crippen LogP contribution in [-0.2, 0) is 14.3 Å². The number of aliphatic hydroxyl groups excluding tert-OH is 1. The zero-order chi connectivity index (χ0) is 14.2. The van der Waals surface area contributed by atoms with Gasteiger partial charge in [-0.15, -0.1) is 0 Å². The van der Waals surface area contributed by atoms with Crippen LogP contribution in [0.2, 0.25) is 0 Å². The molecule has 4 atom stereocenters. The van der Waals surface area contributed by atoms with Crippen molar-refractivity contribution in [1.82, 2.24) is 0 Å². The number of carbonyl (C=O) groups is 1. The molecule has 4 heteroatoms. The fraction of sp³-hybridized carbons (Fsp3) is 0.812. The lowest BCUT2D eigenvalue weighted by atomic mass is 9.94. The molecule has 2 fully saturated rings. The zero-order valence-corrected chi connectivity index (χ0v) is 12.1. The van der Waals surface area contributed by atoms with E-state index >= 15 is 0 Å². The largest absolute Gasteiger partial charge is 0.438 e. The molecule has 2 saturated carbocycles. The van der Waals surface area contributed by atoms with Crippen molar-refractivity contribution < 1.29 is 19.4 Å². The Bertz CT molecular complexity index is 397. The quantitative estimate of drug-likeness (QED) is 0.477. The average Bonchev–Trinajstić information content (AvgIpc) is 3.15. The molecule has 0 heterocycles. The molecule has 0 aromatic carbocycles. The van der Waals surface area contributed by atoms with E-state index < -0.39 is 6.10 Å². The summed E-state index contributed by atoms with van der Waals surface area (Å²) in [5, 5.41) is 9.92. The maximum absolute atomic E-state index is 12.1. The van der Waals surface area contributed by atoms with Gasteiger partial charge in [-0.2, -0.15) is 0 Å². The summed E-state index contributed by atoms with van der Waals surface area (Å²) in [5.74, 6) is -0.329. The first-order valence-corrected chi connectivity index (χ1v) is 7.82. The molecule has 3 aliphatic rings. The van der Waals surface area contributed by atoms with Crippen molar-refractivity contribution in [2.45, 2.75) is 57.2 Å². The first-order chi connectivity index (χ1) is 9.65. The summed E-state index contributed by atoms with van der Waals surface area (Å²) in [5.41, 5.74) is -0.0750. The fourth-order valence-electron chi connectivity index (χ4n) is 4.02. The van der Waals surface area contributed by atoms with Gasteiger partial charge >= 0.3 is 5.97 Å². The van der Waals surface area contributed by atoms with Crippen molar-refractivity contribution in [3.8, 4) is 0 Å². The molecule has 0 saturated heterocycles. The highest BCUT2D eigenvalue weighted by Crippen LogP contribution is 2.44. The van der Waals surface area contributed by atoms with E-state index in [1.807, 2.05) is 12.2 Å². The van der Waals surface area contributed by atoms with E-state index in [0.29, 0.717) is 6.42 Å². The van der Waals surface area contributed by atoms with Gasteiger partial charge in [-0.1, -0.05) is 31.9 Å². The van der Waals surface area contributed by atoms with Gasteiger partial charge in [-0.25, -0.2) is 0 Å². The number of ether oxygens (including phenoxy) is 2. The molecule has 0 radical (unpaired) electrons. The van der Waals surface area contributed by atoms with Crippen molar-refractivity contribution in [3.63, 3.8) is 0 Å². The summed E-state index contributed by atoms with van der Waals surface area (Å²) in [7, 11) is 0. The molecule has 4 unspecified atom stereocenters. The Labute approximate surface area is 120 Å². The lowest BCUT2D eigenvalue weighted by molar-refractivity contribution is -0.178. The molecule has 4 nitrogen and oxygen atoms in total. The van der Waals surface area contributed by atoms with Gasteiger partial charge in [0.05, 0.1) is 17.6 Å².